The zero-order valence-electron chi connectivity index (χ0n) is 7.03. The Morgan fingerprint density at radius 3 is 3.07 bits per heavy atom. The number of carbonyl (C=O) groups excluding carboxylic acids is 1. The smallest absolute Gasteiger partial charge is 0.328 e. The minimum atomic E-state index is -0.318. The lowest BCUT2D eigenvalue weighted by atomic mass is 10.2. The minimum absolute atomic E-state index is 0.0570. The minimum Gasteiger partial charge on any atom is -0.328 e. The van der Waals surface area contributed by atoms with Crippen LogP contribution in [-0.2, 0) is 0 Å². The summed E-state index contributed by atoms with van der Waals surface area (Å²) in [6.07, 6.45) is 1.83. The first kappa shape index (κ1) is 9.49. The van der Waals surface area contributed by atoms with Gasteiger partial charge in [-0.1, -0.05) is 0 Å². The van der Waals surface area contributed by atoms with Crippen LogP contribution in [0.3, 0.4) is 0 Å². The van der Waals surface area contributed by atoms with Crippen LogP contribution in [-0.4, -0.2) is 17.5 Å². The van der Waals surface area contributed by atoms with Crippen molar-refractivity contribution in [3.05, 3.63) is 20.8 Å². The molecule has 6 heteroatoms. The fourth-order valence-electron chi connectivity index (χ4n) is 1.30. The van der Waals surface area contributed by atoms with Crippen molar-refractivity contribution in [2.75, 3.05) is 6.54 Å². The van der Waals surface area contributed by atoms with E-state index in [2.05, 4.69) is 21.2 Å². The molecular formula is C8H6BrN3OS. The molecule has 0 aliphatic carbocycles. The number of amides is 2. The highest BCUT2D eigenvalue weighted by Gasteiger charge is 2.30. The van der Waals surface area contributed by atoms with Gasteiger partial charge in [0, 0.05) is 14.7 Å². The van der Waals surface area contributed by atoms with Crippen LogP contribution in [0.15, 0.2) is 15.9 Å². The molecule has 0 spiro atoms. The van der Waals surface area contributed by atoms with Gasteiger partial charge in [-0.15, -0.1) is 11.3 Å². The second-order valence-corrected chi connectivity index (χ2v) is 4.74. The van der Waals surface area contributed by atoms with Gasteiger partial charge in [0.25, 0.3) is 0 Å². The van der Waals surface area contributed by atoms with Crippen molar-refractivity contribution in [2.24, 2.45) is 0 Å². The topological polar surface area (TPSA) is 56.1 Å². The fraction of sp³-hybridized carbons (Fsp3) is 0.250. The zero-order chi connectivity index (χ0) is 10.1. The number of urea groups is 1. The van der Waals surface area contributed by atoms with Gasteiger partial charge >= 0.3 is 6.03 Å². The van der Waals surface area contributed by atoms with E-state index in [1.165, 1.54) is 0 Å². The largest absolute Gasteiger partial charge is 0.331 e. The lowest BCUT2D eigenvalue weighted by Crippen LogP contribution is -2.23. The summed E-state index contributed by atoms with van der Waals surface area (Å²) in [5, 5.41) is 13.3. The van der Waals surface area contributed by atoms with Gasteiger partial charge in [-0.2, -0.15) is 5.26 Å². The van der Waals surface area contributed by atoms with E-state index >= 15 is 0 Å². The van der Waals surface area contributed by atoms with Crippen LogP contribution in [0.2, 0.25) is 0 Å². The van der Waals surface area contributed by atoms with E-state index in [0.717, 1.165) is 14.2 Å². The molecule has 0 aromatic carbocycles. The zero-order valence-corrected chi connectivity index (χ0v) is 9.43. The molecule has 1 aliphatic rings. The highest BCUT2D eigenvalue weighted by molar-refractivity contribution is 9.10. The van der Waals surface area contributed by atoms with Crippen molar-refractivity contribution < 1.29 is 4.79 Å². The van der Waals surface area contributed by atoms with Gasteiger partial charge in [-0.3, -0.25) is 0 Å². The normalized spacial score (nSPS) is 20.7. The van der Waals surface area contributed by atoms with Gasteiger partial charge in [0.15, 0.2) is 6.19 Å². The van der Waals surface area contributed by atoms with E-state index in [1.807, 2.05) is 17.6 Å². The van der Waals surface area contributed by atoms with Crippen molar-refractivity contribution in [1.82, 2.24) is 10.2 Å². The molecule has 1 fully saturated rings. The third kappa shape index (κ3) is 1.61. The maximum Gasteiger partial charge on any atom is 0.331 e. The monoisotopic (exact) mass is 271 g/mol. The summed E-state index contributed by atoms with van der Waals surface area (Å²) in [6, 6.07) is 1.58. The molecule has 1 N–H and O–H groups in total. The van der Waals surface area contributed by atoms with E-state index in [0.29, 0.717) is 6.54 Å². The Kier molecular flexibility index (Phi) is 2.44. The summed E-state index contributed by atoms with van der Waals surface area (Å²) in [7, 11) is 0. The molecule has 1 aliphatic heterocycles. The molecule has 2 amide bonds. The van der Waals surface area contributed by atoms with E-state index < -0.39 is 0 Å². The molecule has 0 bridgehead atoms. The Morgan fingerprint density at radius 2 is 2.57 bits per heavy atom. The number of rotatable bonds is 1. The number of thiophene rings is 1. The predicted molar refractivity (Wildman–Crippen MR) is 55.6 cm³/mol. The summed E-state index contributed by atoms with van der Waals surface area (Å²) in [6.45, 7) is 0.419. The Balaban J connectivity index is 2.17. The van der Waals surface area contributed by atoms with Crippen LogP contribution in [0.4, 0.5) is 4.79 Å². The summed E-state index contributed by atoms with van der Waals surface area (Å²) >= 11 is 4.91. The molecule has 0 saturated carbocycles. The van der Waals surface area contributed by atoms with Crippen LogP contribution in [0.5, 0.6) is 0 Å². The molecule has 72 valence electrons. The van der Waals surface area contributed by atoms with Crippen molar-refractivity contribution in [1.29, 1.82) is 5.26 Å². The number of halogens is 1. The van der Waals surface area contributed by atoms with Crippen LogP contribution >= 0.6 is 27.3 Å². The molecule has 1 aromatic heterocycles. The number of nitriles is 1. The van der Waals surface area contributed by atoms with Gasteiger partial charge in [0.05, 0.1) is 12.6 Å². The average Bonchev–Trinajstić information content (AvgIpc) is 2.71. The molecule has 4 nitrogen and oxygen atoms in total. The maximum atomic E-state index is 11.2. The third-order valence-corrected chi connectivity index (χ3v) is 3.77. The Hall–Kier alpha value is -1.06. The highest BCUT2D eigenvalue weighted by Crippen LogP contribution is 2.28. The Labute approximate surface area is 93.3 Å². The standard InChI is InChI=1S/C8H6BrN3OS/c9-5-1-7(14-3-5)6-2-12(4-10)8(13)11-6/h1,3,6H,2H2,(H,11,13). The molecule has 2 rings (SSSR count). The van der Waals surface area contributed by atoms with Crippen molar-refractivity contribution in [3.8, 4) is 6.19 Å². The SMILES string of the molecule is N#CN1CC(c2cc(Br)cs2)NC1=O. The lowest BCUT2D eigenvalue weighted by Gasteiger charge is -2.03. The number of hydrogen-bond acceptors (Lipinski definition) is 3. The van der Waals surface area contributed by atoms with Crippen LogP contribution in [0.25, 0.3) is 0 Å². The second kappa shape index (κ2) is 3.59. The summed E-state index contributed by atoms with van der Waals surface area (Å²) in [5.41, 5.74) is 0. The van der Waals surface area contributed by atoms with Crippen molar-refractivity contribution >= 4 is 33.3 Å². The number of carbonyl (C=O) groups is 1. The predicted octanol–water partition coefficient (Wildman–Crippen LogP) is 2.06. The van der Waals surface area contributed by atoms with Gasteiger partial charge in [0.2, 0.25) is 0 Å². The number of hydrogen-bond donors (Lipinski definition) is 1. The molecule has 2 heterocycles. The molecule has 0 radical (unpaired) electrons. The van der Waals surface area contributed by atoms with E-state index in [-0.39, 0.29) is 12.1 Å². The van der Waals surface area contributed by atoms with E-state index in [1.54, 1.807) is 11.3 Å². The van der Waals surface area contributed by atoms with Crippen LogP contribution in [0.1, 0.15) is 10.9 Å². The highest BCUT2D eigenvalue weighted by atomic mass is 79.9. The second-order valence-electron chi connectivity index (χ2n) is 2.88. The Morgan fingerprint density at radius 1 is 1.79 bits per heavy atom. The quantitative estimate of drug-likeness (QED) is 0.795. The van der Waals surface area contributed by atoms with Crippen LogP contribution in [0, 0.1) is 11.5 Å². The summed E-state index contributed by atoms with van der Waals surface area (Å²) in [5.74, 6) is 0. The molecule has 1 saturated heterocycles. The number of nitrogens with zero attached hydrogens (tertiary/aromatic N) is 2. The average molecular weight is 272 g/mol. The molecule has 14 heavy (non-hydrogen) atoms. The molecule has 1 atom stereocenters. The first-order valence-corrected chi connectivity index (χ1v) is 5.59. The third-order valence-electron chi connectivity index (χ3n) is 1.96. The molecule has 1 aromatic rings. The van der Waals surface area contributed by atoms with Gasteiger partial charge in [-0.25, -0.2) is 9.69 Å². The summed E-state index contributed by atoms with van der Waals surface area (Å²) in [4.78, 5) is 13.4. The van der Waals surface area contributed by atoms with Gasteiger partial charge in [0.1, 0.15) is 0 Å². The summed E-state index contributed by atoms with van der Waals surface area (Å²) < 4.78 is 1.00. The maximum absolute atomic E-state index is 11.2. The van der Waals surface area contributed by atoms with Gasteiger partial charge in [-0.05, 0) is 22.0 Å². The first-order chi connectivity index (χ1) is 6.70. The van der Waals surface area contributed by atoms with Crippen molar-refractivity contribution in [3.63, 3.8) is 0 Å². The lowest BCUT2D eigenvalue weighted by molar-refractivity contribution is 0.232. The van der Waals surface area contributed by atoms with Crippen LogP contribution < -0.4 is 5.32 Å². The fourth-order valence-corrected chi connectivity index (χ4v) is 2.78. The number of nitrogens with one attached hydrogen (secondary N) is 1. The van der Waals surface area contributed by atoms with Gasteiger partial charge < -0.3 is 5.32 Å². The van der Waals surface area contributed by atoms with E-state index in [4.69, 9.17) is 5.26 Å². The molecular weight excluding hydrogens is 266 g/mol. The van der Waals surface area contributed by atoms with E-state index in [9.17, 15) is 4.79 Å². The first-order valence-electron chi connectivity index (χ1n) is 3.92. The molecule has 1 unspecified atom stereocenters. The van der Waals surface area contributed by atoms with Crippen molar-refractivity contribution in [2.45, 2.75) is 6.04 Å². The Bertz CT molecular complexity index is 411.